The third-order valence-electron chi connectivity index (χ3n) is 4.39. The summed E-state index contributed by atoms with van der Waals surface area (Å²) in [6.07, 6.45) is 0.955. The molecule has 0 bridgehead atoms. The van der Waals surface area contributed by atoms with E-state index in [0.29, 0.717) is 23.7 Å². The van der Waals surface area contributed by atoms with Gasteiger partial charge in [0.2, 0.25) is 11.8 Å². The van der Waals surface area contributed by atoms with Crippen LogP contribution >= 0.6 is 11.3 Å². The number of methoxy groups -OCH3 is 1. The Kier molecular flexibility index (Phi) is 5.68. The number of carbonyl (C=O) groups excluding carboxylic acids is 3. The molecule has 26 heavy (non-hydrogen) atoms. The van der Waals surface area contributed by atoms with E-state index >= 15 is 0 Å². The van der Waals surface area contributed by atoms with Gasteiger partial charge in [-0.2, -0.15) is 0 Å². The maximum absolute atomic E-state index is 12.5. The first-order chi connectivity index (χ1) is 12.6. The number of esters is 1. The molecular formula is C19H20N2O4S. The molecule has 0 saturated carbocycles. The summed E-state index contributed by atoms with van der Waals surface area (Å²) >= 11 is 1.21. The third kappa shape index (κ3) is 4.11. The zero-order valence-electron chi connectivity index (χ0n) is 14.4. The van der Waals surface area contributed by atoms with E-state index in [0.717, 1.165) is 12.0 Å². The molecule has 3 rings (SSSR count). The molecule has 1 atom stereocenters. The first-order valence-electron chi connectivity index (χ1n) is 8.37. The van der Waals surface area contributed by atoms with E-state index in [2.05, 4.69) is 5.32 Å². The van der Waals surface area contributed by atoms with E-state index in [1.165, 1.54) is 18.4 Å². The maximum Gasteiger partial charge on any atom is 0.350 e. The largest absolute Gasteiger partial charge is 0.465 e. The Morgan fingerprint density at radius 2 is 2.04 bits per heavy atom. The van der Waals surface area contributed by atoms with E-state index in [1.807, 2.05) is 30.3 Å². The lowest BCUT2D eigenvalue weighted by molar-refractivity contribution is -0.128. The molecule has 0 spiro atoms. The highest BCUT2D eigenvalue weighted by atomic mass is 32.1. The van der Waals surface area contributed by atoms with Gasteiger partial charge in [0, 0.05) is 19.5 Å². The second-order valence-electron chi connectivity index (χ2n) is 6.12. The highest BCUT2D eigenvalue weighted by Gasteiger charge is 2.34. The van der Waals surface area contributed by atoms with Gasteiger partial charge in [-0.15, -0.1) is 11.3 Å². The average molecular weight is 372 g/mol. The highest BCUT2D eigenvalue weighted by Crippen LogP contribution is 2.26. The number of nitrogens with one attached hydrogen (secondary N) is 1. The first kappa shape index (κ1) is 18.1. The maximum atomic E-state index is 12.5. The normalized spacial score (nSPS) is 16.6. The zero-order chi connectivity index (χ0) is 18.5. The Balaban J connectivity index is 1.57. The quantitative estimate of drug-likeness (QED) is 0.791. The summed E-state index contributed by atoms with van der Waals surface area (Å²) in [6, 6.07) is 11.6. The monoisotopic (exact) mass is 372 g/mol. The topological polar surface area (TPSA) is 75.7 Å². The van der Waals surface area contributed by atoms with Gasteiger partial charge >= 0.3 is 5.97 Å². The fraction of sp³-hybridized carbons (Fsp3) is 0.316. The number of thiophene rings is 1. The van der Waals surface area contributed by atoms with Crippen LogP contribution in [-0.4, -0.2) is 42.9 Å². The van der Waals surface area contributed by atoms with Crippen molar-refractivity contribution in [3.05, 3.63) is 52.2 Å². The molecule has 1 saturated heterocycles. The van der Waals surface area contributed by atoms with Crippen LogP contribution in [0, 0.1) is 5.92 Å². The number of hydrogen-bond acceptors (Lipinski definition) is 5. The van der Waals surface area contributed by atoms with E-state index in [9.17, 15) is 14.4 Å². The molecule has 2 aromatic rings. The van der Waals surface area contributed by atoms with E-state index in [1.54, 1.807) is 16.3 Å². The van der Waals surface area contributed by atoms with Crippen molar-refractivity contribution in [1.82, 2.24) is 4.90 Å². The Hall–Kier alpha value is -2.67. The van der Waals surface area contributed by atoms with Crippen LogP contribution in [0.15, 0.2) is 41.8 Å². The summed E-state index contributed by atoms with van der Waals surface area (Å²) < 4.78 is 4.71. The Morgan fingerprint density at radius 3 is 2.77 bits per heavy atom. The van der Waals surface area contributed by atoms with Gasteiger partial charge < -0.3 is 15.0 Å². The van der Waals surface area contributed by atoms with Gasteiger partial charge in [0.05, 0.1) is 18.7 Å². The van der Waals surface area contributed by atoms with E-state index < -0.39 is 11.9 Å². The average Bonchev–Trinajstić information content (AvgIpc) is 3.26. The number of likely N-dealkylation sites (tertiary alicyclic amines) is 1. The molecule has 2 heterocycles. The molecule has 0 radical (unpaired) electrons. The zero-order valence-corrected chi connectivity index (χ0v) is 15.3. The summed E-state index contributed by atoms with van der Waals surface area (Å²) in [6.45, 7) is 0.994. The number of hydrogen-bond donors (Lipinski definition) is 1. The molecule has 6 nitrogen and oxygen atoms in total. The van der Waals surface area contributed by atoms with Gasteiger partial charge in [-0.25, -0.2) is 4.79 Å². The predicted octanol–water partition coefficient (Wildman–Crippen LogP) is 2.56. The van der Waals surface area contributed by atoms with Gasteiger partial charge in [-0.05, 0) is 23.4 Å². The minimum Gasteiger partial charge on any atom is -0.465 e. The summed E-state index contributed by atoms with van der Waals surface area (Å²) in [5.74, 6) is -1.16. The lowest BCUT2D eigenvalue weighted by Gasteiger charge is -2.16. The van der Waals surface area contributed by atoms with E-state index in [4.69, 9.17) is 4.74 Å². The van der Waals surface area contributed by atoms with Crippen LogP contribution in [0.1, 0.15) is 21.7 Å². The molecule has 1 unspecified atom stereocenters. The molecule has 0 aliphatic carbocycles. The minimum absolute atomic E-state index is 0.0143. The van der Waals surface area contributed by atoms with Crippen molar-refractivity contribution >= 4 is 34.8 Å². The fourth-order valence-electron chi connectivity index (χ4n) is 2.97. The Morgan fingerprint density at radius 1 is 1.27 bits per heavy atom. The van der Waals surface area contributed by atoms with E-state index in [-0.39, 0.29) is 18.2 Å². The number of nitrogens with zero attached hydrogens (tertiary/aromatic N) is 1. The van der Waals surface area contributed by atoms with Crippen LogP contribution in [0.5, 0.6) is 0 Å². The van der Waals surface area contributed by atoms with Crippen molar-refractivity contribution in [2.75, 3.05) is 25.5 Å². The number of rotatable bonds is 6. The van der Waals surface area contributed by atoms with Gasteiger partial charge in [-0.1, -0.05) is 30.3 Å². The number of amides is 2. The van der Waals surface area contributed by atoms with Crippen LogP contribution in [0.4, 0.5) is 5.69 Å². The Labute approximate surface area is 155 Å². The van der Waals surface area contributed by atoms with Crippen molar-refractivity contribution in [3.63, 3.8) is 0 Å². The molecular weight excluding hydrogens is 352 g/mol. The smallest absolute Gasteiger partial charge is 0.350 e. The molecule has 1 aromatic carbocycles. The fourth-order valence-corrected chi connectivity index (χ4v) is 3.73. The van der Waals surface area contributed by atoms with Crippen molar-refractivity contribution in [2.45, 2.75) is 12.8 Å². The summed E-state index contributed by atoms with van der Waals surface area (Å²) in [4.78, 5) is 38.5. The first-order valence-corrected chi connectivity index (χ1v) is 9.25. The highest BCUT2D eigenvalue weighted by molar-refractivity contribution is 7.12. The van der Waals surface area contributed by atoms with Crippen LogP contribution < -0.4 is 5.32 Å². The lowest BCUT2D eigenvalue weighted by Crippen LogP contribution is -2.30. The summed E-state index contributed by atoms with van der Waals surface area (Å²) in [5.41, 5.74) is 1.59. The molecule has 7 heteroatoms. The molecule has 1 aromatic heterocycles. The summed E-state index contributed by atoms with van der Waals surface area (Å²) in [7, 11) is 1.30. The van der Waals surface area contributed by atoms with Gasteiger partial charge in [0.1, 0.15) is 4.88 Å². The van der Waals surface area contributed by atoms with Crippen LogP contribution in [0.2, 0.25) is 0 Å². The molecule has 1 fully saturated rings. The van der Waals surface area contributed by atoms with Gasteiger partial charge in [0.25, 0.3) is 0 Å². The third-order valence-corrected chi connectivity index (χ3v) is 5.29. The van der Waals surface area contributed by atoms with Gasteiger partial charge in [0.15, 0.2) is 0 Å². The number of anilines is 1. The number of ether oxygens (including phenoxy) is 1. The molecule has 1 aliphatic heterocycles. The van der Waals surface area contributed by atoms with Crippen LogP contribution in [0.3, 0.4) is 0 Å². The minimum atomic E-state index is -0.484. The molecule has 1 N–H and O–H groups in total. The van der Waals surface area contributed by atoms with Gasteiger partial charge in [-0.3, -0.25) is 9.59 Å². The van der Waals surface area contributed by atoms with Crippen LogP contribution in [0.25, 0.3) is 0 Å². The second-order valence-corrected chi connectivity index (χ2v) is 7.04. The van der Waals surface area contributed by atoms with Crippen molar-refractivity contribution < 1.29 is 19.1 Å². The number of benzene rings is 1. The molecule has 136 valence electrons. The Bertz CT molecular complexity index is 803. The summed E-state index contributed by atoms with van der Waals surface area (Å²) in [5, 5.41) is 4.47. The molecule has 1 aliphatic rings. The van der Waals surface area contributed by atoms with Crippen molar-refractivity contribution in [3.8, 4) is 0 Å². The number of carbonyl (C=O) groups is 3. The molecule has 2 amide bonds. The van der Waals surface area contributed by atoms with Crippen molar-refractivity contribution in [1.29, 1.82) is 0 Å². The standard InChI is InChI=1S/C19H20N2O4S/c1-25-19(24)17-15(8-10-26-17)20-18(23)14-11-16(22)21(12-14)9-7-13-5-3-2-4-6-13/h2-6,8,10,14H,7,9,11-12H2,1H3,(H,20,23). The van der Waals surface area contributed by atoms with Crippen molar-refractivity contribution in [2.24, 2.45) is 5.92 Å². The second kappa shape index (κ2) is 8.14. The van der Waals surface area contributed by atoms with Crippen LogP contribution in [-0.2, 0) is 20.7 Å². The predicted molar refractivity (Wildman–Crippen MR) is 99.1 cm³/mol. The lowest BCUT2D eigenvalue weighted by atomic mass is 10.1. The SMILES string of the molecule is COC(=O)c1sccc1NC(=O)C1CC(=O)N(CCc2ccccc2)C1.